The van der Waals surface area contributed by atoms with E-state index in [-0.39, 0.29) is 6.54 Å². The summed E-state index contributed by atoms with van der Waals surface area (Å²) in [7, 11) is 0. The highest BCUT2D eigenvalue weighted by molar-refractivity contribution is 5.87. The van der Waals surface area contributed by atoms with Crippen LogP contribution in [0.25, 0.3) is 0 Å². The van der Waals surface area contributed by atoms with Crippen LogP contribution in [-0.4, -0.2) is 24.8 Å². The van der Waals surface area contributed by atoms with Gasteiger partial charge in [0.2, 0.25) is 6.30 Å². The quantitative estimate of drug-likeness (QED) is 0.510. The molecule has 0 aliphatic carbocycles. The molecule has 0 saturated carbocycles. The standard InChI is InChI=1S/C5H7F4NO/c1-2-10-4(6)3(11)5(7,8)9/h4,10H,2H2,1H3. The highest BCUT2D eigenvalue weighted by Crippen LogP contribution is 2.18. The smallest absolute Gasteiger partial charge is 0.285 e. The fourth-order valence-electron chi connectivity index (χ4n) is 0.416. The SMILES string of the molecule is CCNC(F)C(=O)C(F)(F)F. The second-order valence-corrected chi connectivity index (χ2v) is 1.78. The summed E-state index contributed by atoms with van der Waals surface area (Å²) in [6.07, 6.45) is -7.73. The van der Waals surface area contributed by atoms with Crippen molar-refractivity contribution < 1.29 is 22.4 Å². The molecule has 0 heterocycles. The van der Waals surface area contributed by atoms with Gasteiger partial charge in [-0.15, -0.1) is 0 Å². The molecule has 2 nitrogen and oxygen atoms in total. The fourth-order valence-corrected chi connectivity index (χ4v) is 0.416. The lowest BCUT2D eigenvalue weighted by molar-refractivity contribution is -0.177. The zero-order valence-electron chi connectivity index (χ0n) is 5.70. The van der Waals surface area contributed by atoms with Gasteiger partial charge >= 0.3 is 6.18 Å². The van der Waals surface area contributed by atoms with E-state index in [4.69, 9.17) is 0 Å². The van der Waals surface area contributed by atoms with Crippen molar-refractivity contribution in [3.8, 4) is 0 Å². The predicted octanol–water partition coefficient (Wildman–Crippen LogP) is 1.02. The molecule has 11 heavy (non-hydrogen) atoms. The molecule has 1 N–H and O–H groups in total. The Morgan fingerprint density at radius 2 is 2.00 bits per heavy atom. The summed E-state index contributed by atoms with van der Waals surface area (Å²) in [5.41, 5.74) is 0. The molecule has 0 aromatic rings. The van der Waals surface area contributed by atoms with Crippen LogP contribution in [0.1, 0.15) is 6.92 Å². The van der Waals surface area contributed by atoms with E-state index in [0.717, 1.165) is 0 Å². The Hall–Kier alpha value is -0.650. The Morgan fingerprint density at radius 1 is 1.55 bits per heavy atom. The molecule has 0 radical (unpaired) electrons. The normalized spacial score (nSPS) is 14.6. The zero-order valence-corrected chi connectivity index (χ0v) is 5.70. The molecule has 0 rings (SSSR count). The van der Waals surface area contributed by atoms with Gasteiger partial charge < -0.3 is 0 Å². The molecule has 1 atom stereocenters. The van der Waals surface area contributed by atoms with Gasteiger partial charge in [0.25, 0.3) is 5.78 Å². The second-order valence-electron chi connectivity index (χ2n) is 1.78. The number of Topliss-reactive ketones (excluding diaryl/α,β-unsaturated/α-hetero) is 1. The van der Waals surface area contributed by atoms with Gasteiger partial charge in [-0.05, 0) is 6.54 Å². The van der Waals surface area contributed by atoms with E-state index in [2.05, 4.69) is 0 Å². The Kier molecular flexibility index (Phi) is 3.44. The van der Waals surface area contributed by atoms with Crippen LogP contribution in [0.3, 0.4) is 0 Å². The average Bonchev–Trinajstić information content (AvgIpc) is 1.85. The lowest BCUT2D eigenvalue weighted by atomic mass is 10.3. The number of hydrogen-bond acceptors (Lipinski definition) is 2. The maximum atomic E-state index is 12.1. The van der Waals surface area contributed by atoms with Gasteiger partial charge in [0.15, 0.2) is 0 Å². The molecule has 0 aromatic carbocycles. The van der Waals surface area contributed by atoms with Crippen LogP contribution in [0.4, 0.5) is 17.6 Å². The number of ketones is 1. The first-order chi connectivity index (χ1) is 4.89. The summed E-state index contributed by atoms with van der Waals surface area (Å²) in [4.78, 5) is 9.99. The minimum Gasteiger partial charge on any atom is -0.285 e. The monoisotopic (exact) mass is 173 g/mol. The number of alkyl halides is 4. The first kappa shape index (κ1) is 10.3. The van der Waals surface area contributed by atoms with Gasteiger partial charge in [0.05, 0.1) is 0 Å². The zero-order chi connectivity index (χ0) is 9.07. The third kappa shape index (κ3) is 3.31. The van der Waals surface area contributed by atoms with E-state index < -0.39 is 18.3 Å². The average molecular weight is 173 g/mol. The predicted molar refractivity (Wildman–Crippen MR) is 29.6 cm³/mol. The van der Waals surface area contributed by atoms with Crippen LogP contribution in [0.15, 0.2) is 0 Å². The van der Waals surface area contributed by atoms with Crippen molar-refractivity contribution >= 4 is 5.78 Å². The molecular formula is C5H7F4NO. The maximum absolute atomic E-state index is 12.1. The summed E-state index contributed by atoms with van der Waals surface area (Å²) in [6, 6.07) is 0. The molecule has 0 aliphatic heterocycles. The number of likely N-dealkylation sites (N-methyl/N-ethyl adjacent to an activating group) is 1. The summed E-state index contributed by atoms with van der Waals surface area (Å²) >= 11 is 0. The fraction of sp³-hybridized carbons (Fsp3) is 0.800. The van der Waals surface area contributed by atoms with E-state index in [1.165, 1.54) is 6.92 Å². The van der Waals surface area contributed by atoms with E-state index in [1.807, 2.05) is 0 Å². The van der Waals surface area contributed by atoms with Crippen molar-refractivity contribution in [2.24, 2.45) is 0 Å². The Morgan fingerprint density at radius 3 is 2.27 bits per heavy atom. The number of carbonyl (C=O) groups excluding carboxylic acids is 1. The first-order valence-corrected chi connectivity index (χ1v) is 2.88. The number of nitrogens with one attached hydrogen (secondary N) is 1. The van der Waals surface area contributed by atoms with E-state index in [9.17, 15) is 22.4 Å². The van der Waals surface area contributed by atoms with Crippen LogP contribution < -0.4 is 5.32 Å². The van der Waals surface area contributed by atoms with Gasteiger partial charge in [0.1, 0.15) is 0 Å². The molecule has 0 spiro atoms. The lowest BCUT2D eigenvalue weighted by Crippen LogP contribution is -2.40. The van der Waals surface area contributed by atoms with E-state index in [1.54, 1.807) is 5.32 Å². The second kappa shape index (κ2) is 3.66. The summed E-state index contributed by atoms with van der Waals surface area (Å²) in [5.74, 6) is -2.39. The van der Waals surface area contributed by atoms with Crippen molar-refractivity contribution in [2.75, 3.05) is 6.54 Å². The third-order valence-corrected chi connectivity index (χ3v) is 0.893. The van der Waals surface area contributed by atoms with Crippen LogP contribution in [-0.2, 0) is 4.79 Å². The minimum atomic E-state index is -5.10. The molecule has 1 unspecified atom stereocenters. The van der Waals surface area contributed by atoms with E-state index >= 15 is 0 Å². The molecule has 0 aliphatic rings. The Labute approximate surface area is 60.6 Å². The highest BCUT2D eigenvalue weighted by atomic mass is 19.4. The van der Waals surface area contributed by atoms with Gasteiger partial charge in [-0.3, -0.25) is 10.1 Å². The molecular weight excluding hydrogens is 166 g/mol. The highest BCUT2D eigenvalue weighted by Gasteiger charge is 2.43. The number of halogens is 4. The lowest BCUT2D eigenvalue weighted by Gasteiger charge is -2.09. The first-order valence-electron chi connectivity index (χ1n) is 2.88. The van der Waals surface area contributed by atoms with Gasteiger partial charge in [-0.25, -0.2) is 4.39 Å². The molecule has 0 aromatic heterocycles. The van der Waals surface area contributed by atoms with Crippen LogP contribution >= 0.6 is 0 Å². The largest absolute Gasteiger partial charge is 0.454 e. The van der Waals surface area contributed by atoms with E-state index in [0.29, 0.717) is 0 Å². The van der Waals surface area contributed by atoms with Gasteiger partial charge in [-0.2, -0.15) is 13.2 Å². The minimum absolute atomic E-state index is 0.0248. The Balaban J connectivity index is 4.03. The summed E-state index contributed by atoms with van der Waals surface area (Å²) in [6.45, 7) is 1.37. The van der Waals surface area contributed by atoms with Crippen LogP contribution in [0.5, 0.6) is 0 Å². The van der Waals surface area contributed by atoms with Gasteiger partial charge in [-0.1, -0.05) is 6.92 Å². The molecule has 6 heteroatoms. The topological polar surface area (TPSA) is 29.1 Å². The van der Waals surface area contributed by atoms with Crippen molar-refractivity contribution in [3.63, 3.8) is 0 Å². The van der Waals surface area contributed by atoms with Crippen LogP contribution in [0.2, 0.25) is 0 Å². The molecule has 0 saturated heterocycles. The summed E-state index contributed by atoms with van der Waals surface area (Å²) in [5, 5.41) is 1.72. The van der Waals surface area contributed by atoms with Crippen molar-refractivity contribution in [2.45, 2.75) is 19.4 Å². The maximum Gasteiger partial charge on any atom is 0.454 e. The van der Waals surface area contributed by atoms with Gasteiger partial charge in [0, 0.05) is 0 Å². The number of carbonyl (C=O) groups is 1. The molecule has 0 fully saturated rings. The molecule has 66 valence electrons. The Bertz CT molecular complexity index is 144. The third-order valence-electron chi connectivity index (χ3n) is 0.893. The van der Waals surface area contributed by atoms with Crippen molar-refractivity contribution in [1.29, 1.82) is 0 Å². The van der Waals surface area contributed by atoms with Crippen molar-refractivity contribution in [1.82, 2.24) is 5.32 Å². The van der Waals surface area contributed by atoms with Crippen molar-refractivity contribution in [3.05, 3.63) is 0 Å². The number of hydrogen-bond donors (Lipinski definition) is 1. The van der Waals surface area contributed by atoms with Crippen LogP contribution in [0, 0.1) is 0 Å². The summed E-state index contributed by atoms with van der Waals surface area (Å²) < 4.78 is 46.3. The molecule has 0 amide bonds. The molecule has 0 bridgehead atoms. The number of rotatable bonds is 3.